The number of piperidine rings is 1. The number of anilines is 2. The summed E-state index contributed by atoms with van der Waals surface area (Å²) < 4.78 is 46.2. The van der Waals surface area contributed by atoms with Gasteiger partial charge in [-0.15, -0.1) is 11.3 Å². The lowest BCUT2D eigenvalue weighted by Gasteiger charge is -2.34. The second-order valence-electron chi connectivity index (χ2n) is 7.94. The minimum atomic E-state index is -4.57. The molecule has 1 fully saturated rings. The molecule has 0 bridgehead atoms. The van der Waals surface area contributed by atoms with Crippen molar-refractivity contribution in [3.63, 3.8) is 0 Å². The zero-order chi connectivity index (χ0) is 24.5. The van der Waals surface area contributed by atoms with E-state index in [1.165, 1.54) is 17.4 Å². The van der Waals surface area contributed by atoms with Gasteiger partial charge in [0.15, 0.2) is 0 Å². The van der Waals surface area contributed by atoms with Crippen LogP contribution in [0, 0.1) is 5.92 Å². The molecule has 1 amide bonds. The van der Waals surface area contributed by atoms with E-state index in [1.807, 2.05) is 17.0 Å². The van der Waals surface area contributed by atoms with Crippen LogP contribution in [-0.2, 0) is 15.7 Å². The lowest BCUT2D eigenvalue weighted by atomic mass is 9.96. The third-order valence-electron chi connectivity index (χ3n) is 5.77. The fourth-order valence-electron chi connectivity index (χ4n) is 4.04. The summed E-state index contributed by atoms with van der Waals surface area (Å²) in [5.74, 6) is -1.09. The number of fused-ring (bicyclic) bond motifs is 1. The molecule has 2 aromatic carbocycles. The summed E-state index contributed by atoms with van der Waals surface area (Å²) in [5.41, 5.74) is -0.362. The first kappa shape index (κ1) is 24.3. The SMILES string of the molecule is CCOC(=O)C1CCN(c2ccc(C(F)(F)F)cc2NC(=O)c2sc3ccccc3c2Cl)CC1. The minimum absolute atomic E-state index is 0.0444. The number of thiophene rings is 1. The molecule has 10 heteroatoms. The Morgan fingerprint density at radius 1 is 1.18 bits per heavy atom. The number of carbonyl (C=O) groups is 2. The summed E-state index contributed by atoms with van der Waals surface area (Å²) in [6.45, 7) is 2.93. The van der Waals surface area contributed by atoms with Crippen LogP contribution in [0.5, 0.6) is 0 Å². The lowest BCUT2D eigenvalue weighted by Crippen LogP contribution is -2.37. The third kappa shape index (κ3) is 5.00. The monoisotopic (exact) mass is 510 g/mol. The molecule has 0 radical (unpaired) electrons. The first-order valence-corrected chi connectivity index (χ1v) is 12.0. The lowest BCUT2D eigenvalue weighted by molar-refractivity contribution is -0.148. The van der Waals surface area contributed by atoms with Crippen molar-refractivity contribution < 1.29 is 27.5 Å². The van der Waals surface area contributed by atoms with E-state index in [0.29, 0.717) is 43.6 Å². The van der Waals surface area contributed by atoms with E-state index in [2.05, 4.69) is 5.32 Å². The Labute approximate surface area is 203 Å². The summed E-state index contributed by atoms with van der Waals surface area (Å²) in [6, 6.07) is 10.5. The summed E-state index contributed by atoms with van der Waals surface area (Å²) in [5, 5.41) is 3.62. The van der Waals surface area contributed by atoms with Gasteiger partial charge in [-0.3, -0.25) is 9.59 Å². The molecule has 5 nitrogen and oxygen atoms in total. The highest BCUT2D eigenvalue weighted by Crippen LogP contribution is 2.39. The topological polar surface area (TPSA) is 58.6 Å². The molecule has 0 saturated carbocycles. The predicted octanol–water partition coefficient (Wildman–Crippen LogP) is 6.61. The smallest absolute Gasteiger partial charge is 0.416 e. The Morgan fingerprint density at radius 2 is 1.88 bits per heavy atom. The summed E-state index contributed by atoms with van der Waals surface area (Å²) in [7, 11) is 0. The summed E-state index contributed by atoms with van der Waals surface area (Å²) in [6.07, 6.45) is -3.55. The number of esters is 1. The summed E-state index contributed by atoms with van der Waals surface area (Å²) >= 11 is 7.58. The van der Waals surface area contributed by atoms with E-state index in [9.17, 15) is 22.8 Å². The van der Waals surface area contributed by atoms with Gasteiger partial charge in [-0.1, -0.05) is 29.8 Å². The van der Waals surface area contributed by atoms with E-state index in [1.54, 1.807) is 19.1 Å². The molecule has 1 aromatic heterocycles. The maximum atomic E-state index is 13.4. The highest BCUT2D eigenvalue weighted by atomic mass is 35.5. The van der Waals surface area contributed by atoms with E-state index < -0.39 is 17.6 Å². The van der Waals surface area contributed by atoms with Gasteiger partial charge in [-0.05, 0) is 44.0 Å². The maximum absolute atomic E-state index is 13.4. The van der Waals surface area contributed by atoms with Gasteiger partial charge in [0.2, 0.25) is 0 Å². The van der Waals surface area contributed by atoms with Crippen molar-refractivity contribution in [3.05, 3.63) is 57.9 Å². The Kier molecular flexibility index (Phi) is 7.04. The number of benzene rings is 2. The highest BCUT2D eigenvalue weighted by Gasteiger charge is 2.33. The van der Waals surface area contributed by atoms with Crippen molar-refractivity contribution >= 4 is 56.3 Å². The van der Waals surface area contributed by atoms with Crippen molar-refractivity contribution in [1.29, 1.82) is 0 Å². The van der Waals surface area contributed by atoms with Crippen LogP contribution in [0.3, 0.4) is 0 Å². The van der Waals surface area contributed by atoms with Gasteiger partial charge < -0.3 is 15.0 Å². The molecule has 0 aliphatic carbocycles. The molecule has 4 rings (SSSR count). The molecule has 1 N–H and O–H groups in total. The second kappa shape index (κ2) is 9.84. The first-order chi connectivity index (χ1) is 16.2. The molecule has 3 aromatic rings. The van der Waals surface area contributed by atoms with Crippen LogP contribution in [0.1, 0.15) is 35.0 Å². The number of nitrogens with one attached hydrogen (secondary N) is 1. The fourth-order valence-corrected chi connectivity index (χ4v) is 5.46. The molecule has 0 atom stereocenters. The Morgan fingerprint density at radius 3 is 2.53 bits per heavy atom. The van der Waals surface area contributed by atoms with Crippen molar-refractivity contribution in [3.8, 4) is 0 Å². The zero-order valence-corrected chi connectivity index (χ0v) is 19.8. The Hall–Kier alpha value is -2.78. The molecule has 0 unspecified atom stereocenters. The number of rotatable bonds is 5. The maximum Gasteiger partial charge on any atom is 0.416 e. The van der Waals surface area contributed by atoms with Crippen LogP contribution in [0.15, 0.2) is 42.5 Å². The number of hydrogen-bond donors (Lipinski definition) is 1. The van der Waals surface area contributed by atoms with Crippen molar-refractivity contribution in [2.75, 3.05) is 29.9 Å². The number of nitrogens with zero attached hydrogens (tertiary/aromatic N) is 1. The van der Waals surface area contributed by atoms with Gasteiger partial charge in [0.05, 0.1) is 34.5 Å². The van der Waals surface area contributed by atoms with Crippen LogP contribution in [0.2, 0.25) is 5.02 Å². The van der Waals surface area contributed by atoms with Crippen LogP contribution in [-0.4, -0.2) is 31.6 Å². The first-order valence-electron chi connectivity index (χ1n) is 10.8. The van der Waals surface area contributed by atoms with Gasteiger partial charge in [0, 0.05) is 23.2 Å². The molecule has 2 heterocycles. The summed E-state index contributed by atoms with van der Waals surface area (Å²) in [4.78, 5) is 27.2. The predicted molar refractivity (Wildman–Crippen MR) is 128 cm³/mol. The molecule has 1 aliphatic heterocycles. The van der Waals surface area contributed by atoms with Gasteiger partial charge in [-0.25, -0.2) is 0 Å². The number of ether oxygens (including phenoxy) is 1. The second-order valence-corrected chi connectivity index (χ2v) is 9.37. The normalized spacial score (nSPS) is 14.9. The van der Waals surface area contributed by atoms with Crippen molar-refractivity contribution in [2.45, 2.75) is 25.9 Å². The quantitative estimate of drug-likeness (QED) is 0.393. The number of alkyl halides is 3. The van der Waals surface area contributed by atoms with Crippen LogP contribution in [0.25, 0.3) is 10.1 Å². The van der Waals surface area contributed by atoms with Crippen molar-refractivity contribution in [2.24, 2.45) is 5.92 Å². The molecular formula is C24H22ClF3N2O3S. The van der Waals surface area contributed by atoms with Crippen LogP contribution < -0.4 is 10.2 Å². The molecule has 1 aliphatic rings. The van der Waals surface area contributed by atoms with E-state index >= 15 is 0 Å². The largest absolute Gasteiger partial charge is 0.466 e. The number of carbonyl (C=O) groups excluding carboxylic acids is 2. The van der Waals surface area contributed by atoms with Crippen LogP contribution in [0.4, 0.5) is 24.5 Å². The van der Waals surface area contributed by atoms with Gasteiger partial charge >= 0.3 is 12.1 Å². The molecular weight excluding hydrogens is 489 g/mol. The zero-order valence-electron chi connectivity index (χ0n) is 18.2. The number of halogens is 4. The number of amides is 1. The molecule has 1 saturated heterocycles. The highest BCUT2D eigenvalue weighted by molar-refractivity contribution is 7.21. The van der Waals surface area contributed by atoms with E-state index in [4.69, 9.17) is 16.3 Å². The molecule has 180 valence electrons. The van der Waals surface area contributed by atoms with E-state index in [-0.39, 0.29) is 27.5 Å². The van der Waals surface area contributed by atoms with Gasteiger partial charge in [-0.2, -0.15) is 13.2 Å². The minimum Gasteiger partial charge on any atom is -0.466 e. The molecule has 34 heavy (non-hydrogen) atoms. The van der Waals surface area contributed by atoms with Crippen molar-refractivity contribution in [1.82, 2.24) is 0 Å². The number of hydrogen-bond acceptors (Lipinski definition) is 5. The molecule has 0 spiro atoms. The van der Waals surface area contributed by atoms with Crippen LogP contribution >= 0.6 is 22.9 Å². The fraction of sp³-hybridized carbons (Fsp3) is 0.333. The average molecular weight is 511 g/mol. The average Bonchev–Trinajstić information content (AvgIpc) is 3.15. The Bertz CT molecular complexity index is 1220. The van der Waals surface area contributed by atoms with Gasteiger partial charge in [0.1, 0.15) is 4.88 Å². The standard InChI is InChI=1S/C24H22ClF3N2O3S/c1-2-33-23(32)14-9-11-30(12-10-14)18-8-7-15(24(26,27)28)13-17(18)29-22(31)21-20(25)16-5-3-4-6-19(16)34-21/h3-8,13-14H,2,9-12H2,1H3,(H,29,31). The van der Waals surface area contributed by atoms with E-state index in [0.717, 1.165) is 16.8 Å². The third-order valence-corrected chi connectivity index (χ3v) is 7.44. The Balaban J connectivity index is 1.62. The van der Waals surface area contributed by atoms with Gasteiger partial charge in [0.25, 0.3) is 5.91 Å².